The number of piperidine rings is 1. The zero-order valence-electron chi connectivity index (χ0n) is 13.0. The van der Waals surface area contributed by atoms with Crippen LogP contribution in [0, 0.1) is 11.8 Å². The number of aliphatic carboxylic acids is 1. The summed E-state index contributed by atoms with van der Waals surface area (Å²) in [7, 11) is 0. The second-order valence-corrected chi connectivity index (χ2v) is 6.55. The van der Waals surface area contributed by atoms with E-state index in [2.05, 4.69) is 12.2 Å². The van der Waals surface area contributed by atoms with Crippen molar-refractivity contribution < 1.29 is 14.7 Å². The van der Waals surface area contributed by atoms with E-state index in [0.29, 0.717) is 25.0 Å². The Morgan fingerprint density at radius 3 is 2.48 bits per heavy atom. The maximum absolute atomic E-state index is 12.4. The molecule has 2 rings (SSSR count). The van der Waals surface area contributed by atoms with E-state index in [1.165, 1.54) is 19.3 Å². The first-order valence-corrected chi connectivity index (χ1v) is 8.37. The van der Waals surface area contributed by atoms with Crippen molar-refractivity contribution in [2.75, 3.05) is 13.1 Å². The normalized spacial score (nSPS) is 27.4. The minimum atomic E-state index is -0.724. The molecule has 0 aromatic carbocycles. The number of carbonyl (C=O) groups is 2. The van der Waals surface area contributed by atoms with Crippen LogP contribution in [0.25, 0.3) is 0 Å². The van der Waals surface area contributed by atoms with Gasteiger partial charge < -0.3 is 15.3 Å². The largest absolute Gasteiger partial charge is 0.481 e. The number of carbonyl (C=O) groups excluding carboxylic acids is 1. The van der Waals surface area contributed by atoms with Crippen LogP contribution in [0.2, 0.25) is 0 Å². The van der Waals surface area contributed by atoms with Gasteiger partial charge in [0.15, 0.2) is 0 Å². The molecular formula is C16H28N2O3. The summed E-state index contributed by atoms with van der Waals surface area (Å²) in [5.41, 5.74) is 0. The molecule has 2 fully saturated rings. The van der Waals surface area contributed by atoms with Crippen molar-refractivity contribution in [3.05, 3.63) is 0 Å². The highest BCUT2D eigenvalue weighted by molar-refractivity contribution is 5.74. The zero-order chi connectivity index (χ0) is 15.2. The van der Waals surface area contributed by atoms with Gasteiger partial charge in [-0.1, -0.05) is 32.6 Å². The van der Waals surface area contributed by atoms with Crippen LogP contribution in [0.3, 0.4) is 0 Å². The van der Waals surface area contributed by atoms with Crippen molar-refractivity contribution in [3.8, 4) is 0 Å². The Bertz CT molecular complexity index is 367. The molecule has 2 aliphatic rings. The second kappa shape index (κ2) is 7.66. The molecule has 5 heteroatoms. The first-order chi connectivity index (χ1) is 10.1. The van der Waals surface area contributed by atoms with Crippen LogP contribution in [-0.2, 0) is 4.79 Å². The lowest BCUT2D eigenvalue weighted by molar-refractivity contribution is -0.139. The molecule has 120 valence electrons. The van der Waals surface area contributed by atoms with E-state index in [-0.39, 0.29) is 18.4 Å². The average Bonchev–Trinajstić information content (AvgIpc) is 2.48. The second-order valence-electron chi connectivity index (χ2n) is 6.55. The standard InChI is InChI=1S/C16H28N2O3/c1-2-12-11-18(9-8-13(12)10-15(19)20)16(21)17-14-6-4-3-5-7-14/h12-14H,2-11H2,1H3,(H,17,21)(H,19,20)/t12-,13-/m0/s1. The molecule has 21 heavy (non-hydrogen) atoms. The summed E-state index contributed by atoms with van der Waals surface area (Å²) in [6, 6.07) is 0.386. The molecule has 0 unspecified atom stereocenters. The van der Waals surface area contributed by atoms with Crippen LogP contribution >= 0.6 is 0 Å². The molecule has 0 bridgehead atoms. The Hall–Kier alpha value is -1.26. The lowest BCUT2D eigenvalue weighted by Gasteiger charge is -2.38. The molecule has 2 amide bonds. The van der Waals surface area contributed by atoms with Crippen molar-refractivity contribution in [1.29, 1.82) is 0 Å². The monoisotopic (exact) mass is 296 g/mol. The third kappa shape index (κ3) is 4.61. The number of hydrogen-bond acceptors (Lipinski definition) is 2. The van der Waals surface area contributed by atoms with E-state index in [0.717, 1.165) is 25.7 Å². The lowest BCUT2D eigenvalue weighted by Crippen LogP contribution is -2.51. The van der Waals surface area contributed by atoms with E-state index < -0.39 is 5.97 Å². The molecule has 0 radical (unpaired) electrons. The van der Waals surface area contributed by atoms with E-state index >= 15 is 0 Å². The maximum Gasteiger partial charge on any atom is 0.317 e. The van der Waals surface area contributed by atoms with Crippen LogP contribution in [0.5, 0.6) is 0 Å². The third-order valence-corrected chi connectivity index (χ3v) is 5.07. The zero-order valence-corrected chi connectivity index (χ0v) is 13.0. The summed E-state index contributed by atoms with van der Waals surface area (Å²) in [5.74, 6) is -0.197. The summed E-state index contributed by atoms with van der Waals surface area (Å²) >= 11 is 0. The van der Waals surface area contributed by atoms with E-state index in [4.69, 9.17) is 5.11 Å². The summed E-state index contributed by atoms with van der Waals surface area (Å²) < 4.78 is 0. The first-order valence-electron chi connectivity index (χ1n) is 8.37. The van der Waals surface area contributed by atoms with Crippen LogP contribution in [0.4, 0.5) is 4.79 Å². The fourth-order valence-electron chi connectivity index (χ4n) is 3.73. The van der Waals surface area contributed by atoms with Gasteiger partial charge in [-0.25, -0.2) is 4.79 Å². The number of carboxylic acids is 1. The predicted octanol–water partition coefficient (Wildman–Crippen LogP) is 2.85. The van der Waals surface area contributed by atoms with Gasteiger partial charge in [-0.3, -0.25) is 4.79 Å². The van der Waals surface area contributed by atoms with Gasteiger partial charge in [0.25, 0.3) is 0 Å². The molecule has 2 atom stereocenters. The molecule has 5 nitrogen and oxygen atoms in total. The number of nitrogens with one attached hydrogen (secondary N) is 1. The van der Waals surface area contributed by atoms with Gasteiger partial charge in [0.05, 0.1) is 0 Å². The molecule has 1 aliphatic carbocycles. The van der Waals surface area contributed by atoms with Crippen LogP contribution < -0.4 is 5.32 Å². The highest BCUT2D eigenvalue weighted by Crippen LogP contribution is 2.29. The molecule has 1 saturated heterocycles. The van der Waals surface area contributed by atoms with E-state index in [1.807, 2.05) is 4.90 Å². The molecular weight excluding hydrogens is 268 g/mol. The summed E-state index contributed by atoms with van der Waals surface area (Å²) in [6.45, 7) is 3.47. The quantitative estimate of drug-likeness (QED) is 0.838. The minimum Gasteiger partial charge on any atom is -0.481 e. The molecule has 0 aromatic heterocycles. The van der Waals surface area contributed by atoms with Gasteiger partial charge in [-0.05, 0) is 31.1 Å². The van der Waals surface area contributed by atoms with Crippen LogP contribution in [0.1, 0.15) is 58.3 Å². The van der Waals surface area contributed by atoms with Gasteiger partial charge in [0.2, 0.25) is 0 Å². The number of urea groups is 1. The topological polar surface area (TPSA) is 69.6 Å². The van der Waals surface area contributed by atoms with Crippen LogP contribution in [-0.4, -0.2) is 41.1 Å². The van der Waals surface area contributed by atoms with Gasteiger partial charge in [-0.15, -0.1) is 0 Å². The Kier molecular flexibility index (Phi) is 5.88. The molecule has 1 saturated carbocycles. The summed E-state index contributed by atoms with van der Waals surface area (Å²) in [4.78, 5) is 25.2. The SMILES string of the molecule is CC[C@H]1CN(C(=O)NC2CCCCC2)CC[C@H]1CC(=O)O. The number of carboxylic acid groups (broad SMARTS) is 1. The molecule has 0 spiro atoms. The van der Waals surface area contributed by atoms with Crippen LogP contribution in [0.15, 0.2) is 0 Å². The maximum atomic E-state index is 12.4. The highest BCUT2D eigenvalue weighted by Gasteiger charge is 2.32. The van der Waals surface area contributed by atoms with Gasteiger partial charge in [-0.2, -0.15) is 0 Å². The van der Waals surface area contributed by atoms with Gasteiger partial charge >= 0.3 is 12.0 Å². The smallest absolute Gasteiger partial charge is 0.317 e. The summed E-state index contributed by atoms with van der Waals surface area (Å²) in [5, 5.41) is 12.1. The lowest BCUT2D eigenvalue weighted by atomic mass is 9.81. The molecule has 2 N–H and O–H groups in total. The van der Waals surface area contributed by atoms with Crippen molar-refractivity contribution in [1.82, 2.24) is 10.2 Å². The predicted molar refractivity (Wildman–Crippen MR) is 81.1 cm³/mol. The number of likely N-dealkylation sites (tertiary alicyclic amines) is 1. The van der Waals surface area contributed by atoms with Gasteiger partial charge in [0.1, 0.15) is 0 Å². The Morgan fingerprint density at radius 2 is 1.86 bits per heavy atom. The fourth-order valence-corrected chi connectivity index (χ4v) is 3.73. The van der Waals surface area contributed by atoms with Crippen molar-refractivity contribution in [2.24, 2.45) is 11.8 Å². The Balaban J connectivity index is 1.84. The van der Waals surface area contributed by atoms with E-state index in [9.17, 15) is 9.59 Å². The summed E-state index contributed by atoms with van der Waals surface area (Å²) in [6.07, 6.45) is 7.87. The number of nitrogens with zero attached hydrogens (tertiary/aromatic N) is 1. The molecule has 0 aromatic rings. The number of amides is 2. The highest BCUT2D eigenvalue weighted by atomic mass is 16.4. The number of hydrogen-bond donors (Lipinski definition) is 2. The van der Waals surface area contributed by atoms with Gasteiger partial charge in [0, 0.05) is 25.6 Å². The minimum absolute atomic E-state index is 0.0501. The molecule has 1 aliphatic heterocycles. The Morgan fingerprint density at radius 1 is 1.14 bits per heavy atom. The Labute approximate surface area is 127 Å². The third-order valence-electron chi connectivity index (χ3n) is 5.07. The van der Waals surface area contributed by atoms with Crippen molar-refractivity contribution >= 4 is 12.0 Å². The van der Waals surface area contributed by atoms with Crippen molar-refractivity contribution in [3.63, 3.8) is 0 Å². The van der Waals surface area contributed by atoms with Crippen molar-refractivity contribution in [2.45, 2.75) is 64.3 Å². The van der Waals surface area contributed by atoms with E-state index in [1.54, 1.807) is 0 Å². The number of rotatable bonds is 4. The fraction of sp³-hybridized carbons (Fsp3) is 0.875. The first kappa shape index (κ1) is 16.1. The average molecular weight is 296 g/mol. The molecule has 1 heterocycles.